The molecule has 5 heteroatoms. The molecular formula is C17H23N3O2. The summed E-state index contributed by atoms with van der Waals surface area (Å²) < 4.78 is 5.21. The number of nitrogens with one attached hydrogen (secondary N) is 1. The maximum absolute atomic E-state index is 12.4. The van der Waals surface area contributed by atoms with Crippen LogP contribution < -0.4 is 5.32 Å². The average molecular weight is 301 g/mol. The molecule has 0 aliphatic heterocycles. The summed E-state index contributed by atoms with van der Waals surface area (Å²) in [5, 5.41) is 8.01. The minimum absolute atomic E-state index is 0.0511. The van der Waals surface area contributed by atoms with Crippen LogP contribution >= 0.6 is 0 Å². The van der Waals surface area contributed by atoms with Crippen molar-refractivity contribution in [1.82, 2.24) is 15.5 Å². The van der Waals surface area contributed by atoms with E-state index in [1.807, 2.05) is 19.9 Å². The number of aromatic nitrogens is 2. The number of carbonyl (C=O) groups excluding carboxylic acids is 1. The van der Waals surface area contributed by atoms with Gasteiger partial charge in [0.05, 0.1) is 16.6 Å². The van der Waals surface area contributed by atoms with Crippen molar-refractivity contribution >= 4 is 17.0 Å². The Morgan fingerprint density at radius 2 is 2.05 bits per heavy atom. The Morgan fingerprint density at radius 1 is 1.32 bits per heavy atom. The molecule has 1 N–H and O–H groups in total. The van der Waals surface area contributed by atoms with E-state index in [-0.39, 0.29) is 17.9 Å². The third-order valence-electron chi connectivity index (χ3n) is 4.52. The van der Waals surface area contributed by atoms with Crippen LogP contribution in [0.25, 0.3) is 11.1 Å². The monoisotopic (exact) mass is 301 g/mol. The SMILES string of the molecule is CC1CCC(NC(=O)c2cnc3onc(C(C)C)c3c2)CC1. The fourth-order valence-corrected chi connectivity index (χ4v) is 3.06. The number of hydrogen-bond donors (Lipinski definition) is 1. The van der Waals surface area contributed by atoms with Gasteiger partial charge in [0.1, 0.15) is 0 Å². The zero-order chi connectivity index (χ0) is 15.7. The number of carbonyl (C=O) groups is 1. The molecule has 22 heavy (non-hydrogen) atoms. The van der Waals surface area contributed by atoms with Crippen LogP contribution in [0.15, 0.2) is 16.8 Å². The van der Waals surface area contributed by atoms with Gasteiger partial charge in [-0.25, -0.2) is 4.98 Å². The lowest BCUT2D eigenvalue weighted by molar-refractivity contribution is 0.0923. The van der Waals surface area contributed by atoms with Gasteiger partial charge >= 0.3 is 0 Å². The van der Waals surface area contributed by atoms with Crippen LogP contribution in [-0.2, 0) is 0 Å². The largest absolute Gasteiger partial charge is 0.349 e. The molecule has 0 unspecified atom stereocenters. The molecule has 118 valence electrons. The number of rotatable bonds is 3. The van der Waals surface area contributed by atoms with Gasteiger partial charge in [-0.2, -0.15) is 0 Å². The molecule has 0 spiro atoms. The normalized spacial score (nSPS) is 22.2. The molecule has 0 atom stereocenters. The summed E-state index contributed by atoms with van der Waals surface area (Å²) in [6.45, 7) is 6.37. The molecule has 1 aliphatic carbocycles. The van der Waals surface area contributed by atoms with Crippen LogP contribution in [0.4, 0.5) is 0 Å². The highest BCUT2D eigenvalue weighted by atomic mass is 16.5. The molecule has 3 rings (SSSR count). The number of nitrogens with zero attached hydrogens (tertiary/aromatic N) is 2. The molecule has 0 aromatic carbocycles. The molecule has 1 saturated carbocycles. The van der Waals surface area contributed by atoms with Crippen LogP contribution in [-0.4, -0.2) is 22.1 Å². The number of amides is 1. The molecule has 5 nitrogen and oxygen atoms in total. The Kier molecular flexibility index (Phi) is 4.14. The summed E-state index contributed by atoms with van der Waals surface area (Å²) >= 11 is 0. The number of fused-ring (bicyclic) bond motifs is 1. The van der Waals surface area contributed by atoms with E-state index in [0.29, 0.717) is 11.3 Å². The third kappa shape index (κ3) is 2.98. The van der Waals surface area contributed by atoms with E-state index in [2.05, 4.69) is 22.4 Å². The lowest BCUT2D eigenvalue weighted by Gasteiger charge is -2.26. The molecule has 0 saturated heterocycles. The van der Waals surface area contributed by atoms with Crippen molar-refractivity contribution < 1.29 is 9.32 Å². The highest BCUT2D eigenvalue weighted by molar-refractivity contribution is 5.97. The quantitative estimate of drug-likeness (QED) is 0.939. The summed E-state index contributed by atoms with van der Waals surface area (Å²) in [6, 6.07) is 2.13. The van der Waals surface area contributed by atoms with E-state index < -0.39 is 0 Å². The fraction of sp³-hybridized carbons (Fsp3) is 0.588. The van der Waals surface area contributed by atoms with Crippen LogP contribution in [0.1, 0.15) is 68.4 Å². The zero-order valence-corrected chi connectivity index (χ0v) is 13.4. The Morgan fingerprint density at radius 3 is 2.73 bits per heavy atom. The molecular weight excluding hydrogens is 278 g/mol. The van der Waals surface area contributed by atoms with E-state index in [0.717, 1.165) is 29.8 Å². The summed E-state index contributed by atoms with van der Waals surface area (Å²) in [5.41, 5.74) is 1.92. The Balaban J connectivity index is 1.77. The van der Waals surface area contributed by atoms with Crippen LogP contribution in [0.2, 0.25) is 0 Å². The molecule has 0 bridgehead atoms. The zero-order valence-electron chi connectivity index (χ0n) is 13.4. The second kappa shape index (κ2) is 6.07. The van der Waals surface area contributed by atoms with Crippen molar-refractivity contribution in [1.29, 1.82) is 0 Å². The highest BCUT2D eigenvalue weighted by Gasteiger charge is 2.21. The lowest BCUT2D eigenvalue weighted by Crippen LogP contribution is -2.37. The second-order valence-corrected chi connectivity index (χ2v) is 6.73. The van der Waals surface area contributed by atoms with Crippen LogP contribution in [0.3, 0.4) is 0 Å². The standard InChI is InChI=1S/C17H23N3O2/c1-10(2)15-14-8-12(9-18-17(14)22-20-15)16(21)19-13-6-4-11(3)5-7-13/h8-11,13H,4-7H2,1-3H3,(H,19,21). The average Bonchev–Trinajstić information content (AvgIpc) is 2.92. The van der Waals surface area contributed by atoms with Gasteiger partial charge in [-0.3, -0.25) is 4.79 Å². The Labute approximate surface area is 130 Å². The first-order valence-electron chi connectivity index (χ1n) is 8.10. The highest BCUT2D eigenvalue weighted by Crippen LogP contribution is 2.25. The molecule has 0 radical (unpaired) electrons. The smallest absolute Gasteiger partial charge is 0.257 e. The molecule has 1 amide bonds. The maximum Gasteiger partial charge on any atom is 0.257 e. The molecule has 1 aliphatic rings. The minimum atomic E-state index is -0.0511. The third-order valence-corrected chi connectivity index (χ3v) is 4.52. The predicted octanol–water partition coefficient (Wildman–Crippen LogP) is 3.65. The van der Waals surface area contributed by atoms with Crippen molar-refractivity contribution in [3.63, 3.8) is 0 Å². The van der Waals surface area contributed by atoms with Crippen molar-refractivity contribution in [2.45, 2.75) is 58.4 Å². The topological polar surface area (TPSA) is 68.0 Å². The molecule has 2 heterocycles. The Hall–Kier alpha value is -1.91. The lowest BCUT2D eigenvalue weighted by atomic mass is 9.87. The Bertz CT molecular complexity index is 670. The summed E-state index contributed by atoms with van der Waals surface area (Å²) in [6.07, 6.45) is 6.06. The number of hydrogen-bond acceptors (Lipinski definition) is 4. The summed E-state index contributed by atoms with van der Waals surface area (Å²) in [5.74, 6) is 0.961. The van der Waals surface area contributed by atoms with Gasteiger partial charge < -0.3 is 9.84 Å². The number of pyridine rings is 1. The molecule has 2 aromatic heterocycles. The van der Waals surface area contributed by atoms with Gasteiger partial charge in [-0.05, 0) is 43.6 Å². The van der Waals surface area contributed by atoms with Crippen LogP contribution in [0.5, 0.6) is 0 Å². The van der Waals surface area contributed by atoms with E-state index in [4.69, 9.17) is 4.52 Å². The molecule has 1 fully saturated rings. The van der Waals surface area contributed by atoms with Crippen molar-refractivity contribution in [2.24, 2.45) is 5.92 Å². The van der Waals surface area contributed by atoms with Gasteiger partial charge in [0.15, 0.2) is 0 Å². The van der Waals surface area contributed by atoms with E-state index in [9.17, 15) is 4.79 Å². The van der Waals surface area contributed by atoms with E-state index in [1.165, 1.54) is 12.8 Å². The van der Waals surface area contributed by atoms with Crippen molar-refractivity contribution in [3.05, 3.63) is 23.5 Å². The maximum atomic E-state index is 12.4. The van der Waals surface area contributed by atoms with Crippen molar-refractivity contribution in [2.75, 3.05) is 0 Å². The van der Waals surface area contributed by atoms with Gasteiger partial charge in [0, 0.05) is 12.2 Å². The predicted molar refractivity (Wildman–Crippen MR) is 84.8 cm³/mol. The van der Waals surface area contributed by atoms with Crippen LogP contribution in [0, 0.1) is 5.92 Å². The fourth-order valence-electron chi connectivity index (χ4n) is 3.06. The van der Waals surface area contributed by atoms with Gasteiger partial charge in [0.2, 0.25) is 0 Å². The first-order chi connectivity index (χ1) is 10.5. The first-order valence-corrected chi connectivity index (χ1v) is 8.10. The summed E-state index contributed by atoms with van der Waals surface area (Å²) in [4.78, 5) is 16.7. The first kappa shape index (κ1) is 15.0. The minimum Gasteiger partial charge on any atom is -0.349 e. The molecule has 2 aromatic rings. The van der Waals surface area contributed by atoms with Crippen molar-refractivity contribution in [3.8, 4) is 0 Å². The summed E-state index contributed by atoms with van der Waals surface area (Å²) in [7, 11) is 0. The van der Waals surface area contributed by atoms with Gasteiger partial charge in [-0.15, -0.1) is 0 Å². The van der Waals surface area contributed by atoms with Gasteiger partial charge in [-0.1, -0.05) is 25.9 Å². The van der Waals surface area contributed by atoms with E-state index in [1.54, 1.807) is 6.20 Å². The van der Waals surface area contributed by atoms with E-state index >= 15 is 0 Å². The second-order valence-electron chi connectivity index (χ2n) is 6.73. The van der Waals surface area contributed by atoms with Gasteiger partial charge in [0.25, 0.3) is 11.6 Å².